The van der Waals surface area contributed by atoms with Crippen LogP contribution in [0, 0.1) is 0 Å². The first-order chi connectivity index (χ1) is 8.29. The number of nitrogens with one attached hydrogen (secondary N) is 1. The Morgan fingerprint density at radius 3 is 2.82 bits per heavy atom. The predicted octanol–water partition coefficient (Wildman–Crippen LogP) is 2.59. The second-order valence-electron chi connectivity index (χ2n) is 4.01. The van der Waals surface area contributed by atoms with E-state index in [1.165, 1.54) is 0 Å². The van der Waals surface area contributed by atoms with Crippen molar-refractivity contribution in [2.75, 3.05) is 18.5 Å². The molecule has 0 spiro atoms. The SMILES string of the molecule is CCCC(=O)Nc1ccc2c(c1)OCCCO2. The van der Waals surface area contributed by atoms with Gasteiger partial charge in [-0.1, -0.05) is 6.92 Å². The molecule has 1 aliphatic heterocycles. The van der Waals surface area contributed by atoms with E-state index < -0.39 is 0 Å². The first-order valence-electron chi connectivity index (χ1n) is 5.99. The lowest BCUT2D eigenvalue weighted by Gasteiger charge is -2.10. The summed E-state index contributed by atoms with van der Waals surface area (Å²) < 4.78 is 11.1. The van der Waals surface area contributed by atoms with Crippen molar-refractivity contribution in [2.45, 2.75) is 26.2 Å². The molecule has 0 radical (unpaired) electrons. The molecule has 1 aliphatic rings. The van der Waals surface area contributed by atoms with Crippen molar-refractivity contribution in [3.63, 3.8) is 0 Å². The van der Waals surface area contributed by atoms with Crippen LogP contribution in [0.5, 0.6) is 11.5 Å². The van der Waals surface area contributed by atoms with Crippen molar-refractivity contribution in [3.05, 3.63) is 18.2 Å². The Kier molecular flexibility index (Phi) is 3.85. The molecule has 4 heteroatoms. The summed E-state index contributed by atoms with van der Waals surface area (Å²) >= 11 is 0. The Labute approximate surface area is 101 Å². The number of hydrogen-bond acceptors (Lipinski definition) is 3. The molecule has 0 atom stereocenters. The van der Waals surface area contributed by atoms with Gasteiger partial charge in [0.15, 0.2) is 11.5 Å². The lowest BCUT2D eigenvalue weighted by Crippen LogP contribution is -2.10. The smallest absolute Gasteiger partial charge is 0.224 e. The maximum Gasteiger partial charge on any atom is 0.224 e. The molecule has 0 aromatic heterocycles. The number of benzene rings is 1. The number of carbonyl (C=O) groups is 1. The third kappa shape index (κ3) is 3.12. The van der Waals surface area contributed by atoms with Crippen molar-refractivity contribution in [1.29, 1.82) is 0 Å². The summed E-state index contributed by atoms with van der Waals surface area (Å²) in [4.78, 5) is 11.5. The van der Waals surface area contributed by atoms with Crippen molar-refractivity contribution >= 4 is 11.6 Å². The van der Waals surface area contributed by atoms with Gasteiger partial charge in [-0.05, 0) is 18.6 Å². The third-order valence-corrected chi connectivity index (χ3v) is 2.51. The summed E-state index contributed by atoms with van der Waals surface area (Å²) in [5, 5.41) is 2.84. The van der Waals surface area contributed by atoms with Crippen molar-refractivity contribution in [3.8, 4) is 11.5 Å². The molecule has 2 rings (SSSR count). The quantitative estimate of drug-likeness (QED) is 0.876. The highest BCUT2D eigenvalue weighted by Crippen LogP contribution is 2.32. The fourth-order valence-corrected chi connectivity index (χ4v) is 1.69. The van der Waals surface area contributed by atoms with Crippen LogP contribution in [0.25, 0.3) is 0 Å². The lowest BCUT2D eigenvalue weighted by molar-refractivity contribution is -0.116. The van der Waals surface area contributed by atoms with Gasteiger partial charge in [0.25, 0.3) is 0 Å². The topological polar surface area (TPSA) is 47.6 Å². The van der Waals surface area contributed by atoms with Crippen molar-refractivity contribution < 1.29 is 14.3 Å². The summed E-state index contributed by atoms with van der Waals surface area (Å²) in [7, 11) is 0. The van der Waals surface area contributed by atoms with Crippen LogP contribution in [0.1, 0.15) is 26.2 Å². The normalized spacial score (nSPS) is 13.9. The standard InChI is InChI=1S/C13H17NO3/c1-2-4-13(15)14-10-5-6-11-12(9-10)17-8-3-7-16-11/h5-6,9H,2-4,7-8H2,1H3,(H,14,15). The van der Waals surface area contributed by atoms with Crippen LogP contribution in [0.4, 0.5) is 5.69 Å². The largest absolute Gasteiger partial charge is 0.490 e. The molecule has 0 saturated heterocycles. The van der Waals surface area contributed by atoms with Gasteiger partial charge in [0.05, 0.1) is 13.2 Å². The van der Waals surface area contributed by atoms with E-state index in [1.807, 2.05) is 25.1 Å². The Morgan fingerprint density at radius 2 is 2.06 bits per heavy atom. The van der Waals surface area contributed by atoms with Crippen LogP contribution < -0.4 is 14.8 Å². The molecule has 1 aromatic carbocycles. The number of hydrogen-bond donors (Lipinski definition) is 1. The molecule has 0 aliphatic carbocycles. The van der Waals surface area contributed by atoms with E-state index in [4.69, 9.17) is 9.47 Å². The molecular formula is C13H17NO3. The van der Waals surface area contributed by atoms with Gasteiger partial charge in [0.2, 0.25) is 5.91 Å². The average Bonchev–Trinajstić information content (AvgIpc) is 2.53. The molecule has 0 bridgehead atoms. The zero-order valence-corrected chi connectivity index (χ0v) is 9.99. The minimum absolute atomic E-state index is 0.0296. The fourth-order valence-electron chi connectivity index (χ4n) is 1.69. The second-order valence-corrected chi connectivity index (χ2v) is 4.01. The number of amides is 1. The highest BCUT2D eigenvalue weighted by molar-refractivity contribution is 5.91. The second kappa shape index (κ2) is 5.57. The van der Waals surface area contributed by atoms with Crippen LogP contribution in [0.15, 0.2) is 18.2 Å². The molecule has 0 unspecified atom stereocenters. The van der Waals surface area contributed by atoms with Gasteiger partial charge < -0.3 is 14.8 Å². The van der Waals surface area contributed by atoms with Gasteiger partial charge >= 0.3 is 0 Å². The number of rotatable bonds is 3. The number of anilines is 1. The summed E-state index contributed by atoms with van der Waals surface area (Å²) in [6.07, 6.45) is 2.26. The highest BCUT2D eigenvalue weighted by atomic mass is 16.5. The molecule has 92 valence electrons. The Hall–Kier alpha value is -1.71. The Morgan fingerprint density at radius 1 is 1.29 bits per heavy atom. The van der Waals surface area contributed by atoms with Gasteiger partial charge in [0.1, 0.15) is 0 Å². The van der Waals surface area contributed by atoms with Crippen molar-refractivity contribution in [1.82, 2.24) is 0 Å². The van der Waals surface area contributed by atoms with Crippen LogP contribution in [0.3, 0.4) is 0 Å². The molecule has 0 saturated carbocycles. The molecular weight excluding hydrogens is 218 g/mol. The van der Waals surface area contributed by atoms with Gasteiger partial charge in [0, 0.05) is 24.6 Å². The molecule has 17 heavy (non-hydrogen) atoms. The zero-order valence-electron chi connectivity index (χ0n) is 9.99. The number of carbonyl (C=O) groups excluding carboxylic acids is 1. The van der Waals surface area contributed by atoms with E-state index in [0.29, 0.717) is 25.4 Å². The summed E-state index contributed by atoms with van der Waals surface area (Å²) in [6, 6.07) is 5.48. The maximum absolute atomic E-state index is 11.5. The minimum Gasteiger partial charge on any atom is -0.490 e. The van der Waals surface area contributed by atoms with Crippen LogP contribution in [-0.4, -0.2) is 19.1 Å². The Balaban J connectivity index is 2.09. The predicted molar refractivity (Wildman–Crippen MR) is 65.6 cm³/mol. The maximum atomic E-state index is 11.5. The van der Waals surface area contributed by atoms with E-state index in [1.54, 1.807) is 0 Å². The molecule has 1 heterocycles. The summed E-state index contributed by atoms with van der Waals surface area (Å²) in [6.45, 7) is 3.31. The molecule has 1 N–H and O–H groups in total. The molecule has 0 fully saturated rings. The lowest BCUT2D eigenvalue weighted by atomic mass is 10.2. The molecule has 1 aromatic rings. The first kappa shape index (κ1) is 11.8. The van der Waals surface area contributed by atoms with Gasteiger partial charge in [-0.2, -0.15) is 0 Å². The van der Waals surface area contributed by atoms with Crippen LogP contribution in [0.2, 0.25) is 0 Å². The van der Waals surface area contributed by atoms with E-state index >= 15 is 0 Å². The van der Waals surface area contributed by atoms with Gasteiger partial charge in [-0.15, -0.1) is 0 Å². The van der Waals surface area contributed by atoms with Gasteiger partial charge in [-0.25, -0.2) is 0 Å². The van der Waals surface area contributed by atoms with E-state index in [-0.39, 0.29) is 5.91 Å². The van der Waals surface area contributed by atoms with Crippen molar-refractivity contribution in [2.24, 2.45) is 0 Å². The zero-order chi connectivity index (χ0) is 12.1. The fraction of sp³-hybridized carbons (Fsp3) is 0.462. The monoisotopic (exact) mass is 235 g/mol. The highest BCUT2D eigenvalue weighted by Gasteiger charge is 2.11. The first-order valence-corrected chi connectivity index (χ1v) is 5.99. The number of ether oxygens (including phenoxy) is 2. The van der Waals surface area contributed by atoms with Crippen LogP contribution >= 0.6 is 0 Å². The van der Waals surface area contributed by atoms with Gasteiger partial charge in [-0.3, -0.25) is 4.79 Å². The average molecular weight is 235 g/mol. The van der Waals surface area contributed by atoms with E-state index in [0.717, 1.165) is 24.3 Å². The summed E-state index contributed by atoms with van der Waals surface area (Å²) in [5.41, 5.74) is 0.757. The molecule has 1 amide bonds. The minimum atomic E-state index is 0.0296. The number of fused-ring (bicyclic) bond motifs is 1. The van der Waals surface area contributed by atoms with E-state index in [2.05, 4.69) is 5.32 Å². The van der Waals surface area contributed by atoms with E-state index in [9.17, 15) is 4.79 Å². The third-order valence-electron chi connectivity index (χ3n) is 2.51. The summed E-state index contributed by atoms with van der Waals surface area (Å²) in [5.74, 6) is 1.48. The molecule has 4 nitrogen and oxygen atoms in total. The van der Waals surface area contributed by atoms with Crippen LogP contribution in [-0.2, 0) is 4.79 Å². The Bertz CT molecular complexity index is 404.